The largest absolute Gasteiger partial charge is 0.328 e. The van der Waals surface area contributed by atoms with E-state index in [1.165, 1.54) is 6.92 Å². The molecule has 1 heterocycles. The summed E-state index contributed by atoms with van der Waals surface area (Å²) in [5.74, 6) is 0. The first-order chi connectivity index (χ1) is 7.45. The van der Waals surface area contributed by atoms with Gasteiger partial charge in [-0.1, -0.05) is 6.92 Å². The molecule has 0 aliphatic heterocycles. The molecule has 1 aromatic heterocycles. The number of hydrogen-bond acceptors (Lipinski definition) is 2. The van der Waals surface area contributed by atoms with Crippen molar-refractivity contribution in [2.24, 2.45) is 5.73 Å². The van der Waals surface area contributed by atoms with E-state index in [-0.39, 0.29) is 6.54 Å². The molecule has 0 bridgehead atoms. The van der Waals surface area contributed by atoms with E-state index in [1.54, 1.807) is 0 Å². The number of alkyl halides is 1. The third-order valence-corrected chi connectivity index (χ3v) is 3.57. The maximum Gasteiger partial charge on any atom is 0.125 e. The van der Waals surface area contributed by atoms with Gasteiger partial charge in [0, 0.05) is 19.5 Å². The average molecular weight is 292 g/mol. The number of nitrogens with two attached hydrogens (primary N) is 1. The Balaban J connectivity index is 3.06. The van der Waals surface area contributed by atoms with Crippen molar-refractivity contribution in [2.45, 2.75) is 45.8 Å². The minimum atomic E-state index is -1.37. The molecular weight excluding hydrogens is 273 g/mol. The van der Waals surface area contributed by atoms with Gasteiger partial charge in [0.25, 0.3) is 0 Å². The molecule has 16 heavy (non-hydrogen) atoms. The third kappa shape index (κ3) is 2.83. The van der Waals surface area contributed by atoms with Gasteiger partial charge in [0.2, 0.25) is 0 Å². The number of halogens is 2. The average Bonchev–Trinajstić information content (AvgIpc) is 2.55. The van der Waals surface area contributed by atoms with E-state index in [0.29, 0.717) is 6.42 Å². The van der Waals surface area contributed by atoms with Crippen LogP contribution in [-0.4, -0.2) is 22.0 Å². The quantitative estimate of drug-likeness (QED) is 0.906. The van der Waals surface area contributed by atoms with Gasteiger partial charge in [0.1, 0.15) is 5.67 Å². The summed E-state index contributed by atoms with van der Waals surface area (Å²) in [6, 6.07) is 0. The molecule has 0 saturated carbocycles. The fourth-order valence-corrected chi connectivity index (χ4v) is 2.31. The molecule has 0 aromatic carbocycles. The standard InChI is InChI=1S/C11H19BrFN3/c1-4-8-10(12)9(16(5-2)15-8)6-11(3,13)7-14/h4-7,14H2,1-3H3. The molecule has 92 valence electrons. The Hall–Kier alpha value is -0.420. The first-order valence-corrected chi connectivity index (χ1v) is 6.37. The van der Waals surface area contributed by atoms with Crippen LogP contribution in [0.2, 0.25) is 0 Å². The molecule has 0 amide bonds. The molecule has 0 fully saturated rings. The fourth-order valence-electron chi connectivity index (χ4n) is 1.61. The number of aryl methyl sites for hydroxylation is 2. The second kappa shape index (κ2) is 5.27. The van der Waals surface area contributed by atoms with Crippen LogP contribution in [0.5, 0.6) is 0 Å². The van der Waals surface area contributed by atoms with Crippen molar-refractivity contribution in [2.75, 3.05) is 6.54 Å². The smallest absolute Gasteiger partial charge is 0.125 e. The zero-order valence-electron chi connectivity index (χ0n) is 10.1. The summed E-state index contributed by atoms with van der Waals surface area (Å²) < 4.78 is 16.7. The fraction of sp³-hybridized carbons (Fsp3) is 0.727. The van der Waals surface area contributed by atoms with Gasteiger partial charge in [-0.05, 0) is 36.2 Å². The molecule has 0 aliphatic carbocycles. The predicted octanol–water partition coefficient (Wildman–Crippen LogP) is 2.46. The van der Waals surface area contributed by atoms with Crippen LogP contribution in [0.3, 0.4) is 0 Å². The minimum Gasteiger partial charge on any atom is -0.328 e. The zero-order valence-corrected chi connectivity index (χ0v) is 11.6. The molecule has 0 saturated heterocycles. The summed E-state index contributed by atoms with van der Waals surface area (Å²) in [7, 11) is 0. The van der Waals surface area contributed by atoms with Crippen LogP contribution in [0.15, 0.2) is 4.47 Å². The topological polar surface area (TPSA) is 43.8 Å². The first kappa shape index (κ1) is 13.6. The summed E-state index contributed by atoms with van der Waals surface area (Å²) in [6.07, 6.45) is 1.14. The normalized spacial score (nSPS) is 15.1. The van der Waals surface area contributed by atoms with E-state index in [2.05, 4.69) is 21.0 Å². The van der Waals surface area contributed by atoms with E-state index >= 15 is 0 Å². The highest BCUT2D eigenvalue weighted by Crippen LogP contribution is 2.27. The van der Waals surface area contributed by atoms with Crippen molar-refractivity contribution in [1.82, 2.24) is 9.78 Å². The summed E-state index contributed by atoms with van der Waals surface area (Å²) in [5.41, 5.74) is 5.92. The number of nitrogens with zero attached hydrogens (tertiary/aromatic N) is 2. The van der Waals surface area contributed by atoms with Crippen LogP contribution >= 0.6 is 15.9 Å². The van der Waals surface area contributed by atoms with Gasteiger partial charge in [0.15, 0.2) is 0 Å². The van der Waals surface area contributed by atoms with Crippen molar-refractivity contribution >= 4 is 15.9 Å². The molecule has 1 unspecified atom stereocenters. The molecule has 3 nitrogen and oxygen atoms in total. The van der Waals surface area contributed by atoms with Gasteiger partial charge in [-0.15, -0.1) is 0 Å². The van der Waals surface area contributed by atoms with E-state index in [0.717, 1.165) is 28.8 Å². The molecule has 1 atom stereocenters. The van der Waals surface area contributed by atoms with Crippen LogP contribution in [0.1, 0.15) is 32.2 Å². The molecular formula is C11H19BrFN3. The van der Waals surface area contributed by atoms with Gasteiger partial charge in [-0.3, -0.25) is 4.68 Å². The lowest BCUT2D eigenvalue weighted by Crippen LogP contribution is -2.32. The van der Waals surface area contributed by atoms with Gasteiger partial charge in [-0.25, -0.2) is 4.39 Å². The zero-order chi connectivity index (χ0) is 12.3. The van der Waals surface area contributed by atoms with Gasteiger partial charge >= 0.3 is 0 Å². The maximum atomic E-state index is 13.9. The second-order valence-electron chi connectivity index (χ2n) is 4.17. The molecule has 2 N–H and O–H groups in total. The molecule has 1 rings (SSSR count). The second-order valence-corrected chi connectivity index (χ2v) is 4.96. The van der Waals surface area contributed by atoms with E-state index in [9.17, 15) is 4.39 Å². The van der Waals surface area contributed by atoms with Gasteiger partial charge in [-0.2, -0.15) is 5.10 Å². The van der Waals surface area contributed by atoms with Crippen molar-refractivity contribution in [1.29, 1.82) is 0 Å². The highest BCUT2D eigenvalue weighted by Gasteiger charge is 2.26. The Labute approximate surface area is 104 Å². The summed E-state index contributed by atoms with van der Waals surface area (Å²) in [5, 5.41) is 4.43. The molecule has 0 spiro atoms. The molecule has 1 aromatic rings. The summed E-state index contributed by atoms with van der Waals surface area (Å²) in [4.78, 5) is 0. The third-order valence-electron chi connectivity index (χ3n) is 2.66. The lowest BCUT2D eigenvalue weighted by molar-refractivity contribution is 0.195. The van der Waals surface area contributed by atoms with Crippen LogP contribution in [0, 0.1) is 0 Å². The highest BCUT2D eigenvalue weighted by atomic mass is 79.9. The molecule has 0 radical (unpaired) electrons. The van der Waals surface area contributed by atoms with E-state index < -0.39 is 5.67 Å². The van der Waals surface area contributed by atoms with Crippen molar-refractivity contribution in [3.8, 4) is 0 Å². The lowest BCUT2D eigenvalue weighted by Gasteiger charge is -2.18. The van der Waals surface area contributed by atoms with Crippen LogP contribution in [0.4, 0.5) is 4.39 Å². The Morgan fingerprint density at radius 3 is 2.56 bits per heavy atom. The Morgan fingerprint density at radius 1 is 1.50 bits per heavy atom. The van der Waals surface area contributed by atoms with Crippen LogP contribution in [-0.2, 0) is 19.4 Å². The first-order valence-electron chi connectivity index (χ1n) is 5.58. The van der Waals surface area contributed by atoms with Crippen LogP contribution in [0.25, 0.3) is 0 Å². The van der Waals surface area contributed by atoms with Crippen molar-refractivity contribution < 1.29 is 4.39 Å². The summed E-state index contributed by atoms with van der Waals surface area (Å²) in [6.45, 7) is 6.33. The van der Waals surface area contributed by atoms with E-state index in [1.807, 2.05) is 18.5 Å². The monoisotopic (exact) mass is 291 g/mol. The SMILES string of the molecule is CCc1nn(CC)c(CC(C)(F)CN)c1Br. The number of aromatic nitrogens is 2. The lowest BCUT2D eigenvalue weighted by atomic mass is 10.0. The van der Waals surface area contributed by atoms with Crippen LogP contribution < -0.4 is 5.73 Å². The Kier molecular flexibility index (Phi) is 4.50. The van der Waals surface area contributed by atoms with Crippen molar-refractivity contribution in [3.63, 3.8) is 0 Å². The number of rotatable bonds is 5. The van der Waals surface area contributed by atoms with E-state index in [4.69, 9.17) is 5.73 Å². The van der Waals surface area contributed by atoms with Gasteiger partial charge in [0.05, 0.1) is 15.9 Å². The Bertz CT molecular complexity index is 360. The predicted molar refractivity (Wildman–Crippen MR) is 67.3 cm³/mol. The molecule has 0 aliphatic rings. The minimum absolute atomic E-state index is 0.0236. The van der Waals surface area contributed by atoms with Gasteiger partial charge < -0.3 is 5.73 Å². The maximum absolute atomic E-state index is 13.9. The summed E-state index contributed by atoms with van der Waals surface area (Å²) >= 11 is 3.49. The number of hydrogen-bond donors (Lipinski definition) is 1. The Morgan fingerprint density at radius 2 is 2.12 bits per heavy atom. The molecule has 5 heteroatoms. The highest BCUT2D eigenvalue weighted by molar-refractivity contribution is 9.10. The van der Waals surface area contributed by atoms with Crippen molar-refractivity contribution in [3.05, 3.63) is 15.9 Å².